The maximum absolute atomic E-state index is 6.70. The van der Waals surface area contributed by atoms with Crippen LogP contribution in [0.3, 0.4) is 0 Å². The van der Waals surface area contributed by atoms with Gasteiger partial charge in [0.15, 0.2) is 12.4 Å². The maximum Gasteiger partial charge on any atom is 0.166 e. The van der Waals surface area contributed by atoms with Crippen LogP contribution in [0.5, 0.6) is 11.5 Å². The van der Waals surface area contributed by atoms with Crippen LogP contribution in [0.4, 0.5) is 22.7 Å². The number of nitrogens with zero attached hydrogens (tertiary/aromatic N) is 3. The second-order valence-corrected chi connectivity index (χ2v) is 18.5. The molecule has 0 radical (unpaired) electrons. The molecule has 0 saturated heterocycles. The van der Waals surface area contributed by atoms with Crippen molar-refractivity contribution < 1.29 is 9.64 Å². The van der Waals surface area contributed by atoms with Crippen LogP contribution in [0.15, 0.2) is 109 Å². The van der Waals surface area contributed by atoms with E-state index in [2.05, 4.69) is 188 Å². The third-order valence-electron chi connectivity index (χ3n) is 12.7. The SMILES string of the molecule is CC(C)(C)c1cc([NH+]2CN(c3cccc(Oc4ccc5c6cccc7c6c6c(cnn6c5c4)C(C)(C)C7(C)C)c3)c3ccccc32)cc(C(C)(C)C)c1. The quantitative estimate of drug-likeness (QED) is 0.186. The second-order valence-electron chi connectivity index (χ2n) is 18.5. The zero-order valence-electron chi connectivity index (χ0n) is 32.8. The Hall–Kier alpha value is -5.13. The van der Waals surface area contributed by atoms with Gasteiger partial charge in [0.2, 0.25) is 0 Å². The highest BCUT2D eigenvalue weighted by molar-refractivity contribution is 6.15. The zero-order chi connectivity index (χ0) is 37.2. The molecule has 5 nitrogen and oxygen atoms in total. The molecule has 1 unspecified atom stereocenters. The van der Waals surface area contributed by atoms with Crippen molar-refractivity contribution in [1.82, 2.24) is 9.61 Å². The van der Waals surface area contributed by atoms with Crippen LogP contribution < -0.4 is 14.5 Å². The number of nitrogens with one attached hydrogen (secondary N) is 1. The molecule has 0 amide bonds. The predicted octanol–water partition coefficient (Wildman–Crippen LogP) is 11.6. The van der Waals surface area contributed by atoms with Gasteiger partial charge >= 0.3 is 0 Å². The van der Waals surface area contributed by atoms with Crippen molar-refractivity contribution in [3.8, 4) is 11.5 Å². The van der Waals surface area contributed by atoms with E-state index in [0.29, 0.717) is 0 Å². The molecule has 0 fully saturated rings. The average molecular weight is 700 g/mol. The van der Waals surface area contributed by atoms with E-state index in [-0.39, 0.29) is 21.7 Å². The average Bonchev–Trinajstić information content (AvgIpc) is 3.74. The second kappa shape index (κ2) is 11.2. The molecule has 1 aliphatic heterocycles. The normalized spacial score (nSPS) is 17.6. The number of quaternary nitrogens is 1. The van der Waals surface area contributed by atoms with Crippen LogP contribution in [0.1, 0.15) is 91.5 Å². The van der Waals surface area contributed by atoms with E-state index in [1.165, 1.54) is 65.9 Å². The third kappa shape index (κ3) is 5.04. The lowest BCUT2D eigenvalue weighted by atomic mass is 9.58. The highest BCUT2D eigenvalue weighted by Crippen LogP contribution is 2.53. The lowest BCUT2D eigenvalue weighted by Gasteiger charge is -2.45. The lowest BCUT2D eigenvalue weighted by Crippen LogP contribution is -3.01. The number of rotatable bonds is 4. The number of pyridine rings is 1. The number of hydrogen-bond donors (Lipinski definition) is 1. The molecule has 7 aromatic rings. The molecule has 2 aromatic heterocycles. The number of benzene rings is 5. The third-order valence-corrected chi connectivity index (χ3v) is 12.7. The van der Waals surface area contributed by atoms with Crippen LogP contribution in [-0.2, 0) is 21.7 Å². The van der Waals surface area contributed by atoms with Crippen LogP contribution in [-0.4, -0.2) is 16.3 Å². The summed E-state index contributed by atoms with van der Waals surface area (Å²) in [5.74, 6) is 1.60. The molecule has 0 spiro atoms. The molecular weight excluding hydrogens is 649 g/mol. The van der Waals surface area contributed by atoms with E-state index in [1.54, 1.807) is 0 Å². The van der Waals surface area contributed by atoms with Gasteiger partial charge in [0.1, 0.15) is 22.9 Å². The Morgan fingerprint density at radius 1 is 0.660 bits per heavy atom. The van der Waals surface area contributed by atoms with Crippen molar-refractivity contribution in [2.75, 3.05) is 11.6 Å². The molecule has 5 heteroatoms. The Kier molecular flexibility index (Phi) is 7.11. The topological polar surface area (TPSA) is 34.2 Å². The first-order chi connectivity index (χ1) is 25.0. The molecule has 1 N–H and O–H groups in total. The van der Waals surface area contributed by atoms with Gasteiger partial charge in [-0.2, -0.15) is 5.10 Å². The minimum atomic E-state index is -0.0754. The van der Waals surface area contributed by atoms with E-state index < -0.39 is 0 Å². The summed E-state index contributed by atoms with van der Waals surface area (Å²) in [4.78, 5) is 3.79. The largest absolute Gasteiger partial charge is 0.457 e. The smallest absolute Gasteiger partial charge is 0.166 e. The van der Waals surface area contributed by atoms with E-state index >= 15 is 0 Å². The van der Waals surface area contributed by atoms with Crippen molar-refractivity contribution in [2.24, 2.45) is 0 Å². The Balaban J connectivity index is 1.09. The monoisotopic (exact) mass is 699 g/mol. The summed E-state index contributed by atoms with van der Waals surface area (Å²) < 4.78 is 8.85. The summed E-state index contributed by atoms with van der Waals surface area (Å²) in [7, 11) is 0. The summed E-state index contributed by atoms with van der Waals surface area (Å²) in [5.41, 5.74) is 12.6. The Bertz CT molecular complexity index is 2580. The summed E-state index contributed by atoms with van der Waals surface area (Å²) in [5, 5.41) is 8.79. The van der Waals surface area contributed by atoms with Gasteiger partial charge in [-0.15, -0.1) is 0 Å². The molecule has 5 aromatic carbocycles. The molecule has 2 aliphatic rings. The van der Waals surface area contributed by atoms with Crippen LogP contribution in [0, 0.1) is 0 Å². The molecule has 53 heavy (non-hydrogen) atoms. The molecule has 1 atom stereocenters. The van der Waals surface area contributed by atoms with Gasteiger partial charge in [0, 0.05) is 52.1 Å². The van der Waals surface area contributed by atoms with Gasteiger partial charge < -0.3 is 4.74 Å². The van der Waals surface area contributed by atoms with Crippen molar-refractivity contribution >= 4 is 49.9 Å². The number of aromatic nitrogens is 2. The van der Waals surface area contributed by atoms with Crippen molar-refractivity contribution in [3.63, 3.8) is 0 Å². The van der Waals surface area contributed by atoms with Crippen molar-refractivity contribution in [1.29, 1.82) is 0 Å². The van der Waals surface area contributed by atoms with E-state index in [0.717, 1.165) is 29.4 Å². The Labute approximate surface area is 313 Å². The Morgan fingerprint density at radius 3 is 2.08 bits per heavy atom. The lowest BCUT2D eigenvalue weighted by molar-refractivity contribution is -0.751. The molecule has 1 aliphatic carbocycles. The van der Waals surface area contributed by atoms with Gasteiger partial charge in [-0.1, -0.05) is 112 Å². The summed E-state index contributed by atoms with van der Waals surface area (Å²) >= 11 is 0. The number of anilines is 2. The number of ether oxygens (including phenoxy) is 1. The van der Waals surface area contributed by atoms with E-state index in [9.17, 15) is 0 Å². The number of para-hydroxylation sites is 2. The van der Waals surface area contributed by atoms with Gasteiger partial charge in [-0.25, -0.2) is 4.52 Å². The molecule has 0 saturated carbocycles. The highest BCUT2D eigenvalue weighted by atomic mass is 16.5. The maximum atomic E-state index is 6.70. The summed E-state index contributed by atoms with van der Waals surface area (Å²) in [6.45, 7) is 24.1. The molecule has 9 rings (SSSR count). The molecule has 3 heterocycles. The fourth-order valence-electron chi connectivity index (χ4n) is 8.72. The highest BCUT2D eigenvalue weighted by Gasteiger charge is 2.46. The minimum Gasteiger partial charge on any atom is -0.457 e. The summed E-state index contributed by atoms with van der Waals surface area (Å²) in [6.07, 6.45) is 2.09. The van der Waals surface area contributed by atoms with Crippen molar-refractivity contribution in [3.05, 3.63) is 132 Å². The van der Waals surface area contributed by atoms with Crippen LogP contribution in [0.2, 0.25) is 0 Å². The Morgan fingerprint density at radius 2 is 1.34 bits per heavy atom. The van der Waals surface area contributed by atoms with Crippen LogP contribution in [0.25, 0.3) is 27.2 Å². The van der Waals surface area contributed by atoms with Gasteiger partial charge in [0.25, 0.3) is 0 Å². The molecule has 0 bridgehead atoms. The van der Waals surface area contributed by atoms with Gasteiger partial charge in [-0.3, -0.25) is 9.80 Å². The summed E-state index contributed by atoms with van der Waals surface area (Å²) in [6, 6.07) is 37.8. The van der Waals surface area contributed by atoms with E-state index in [1.807, 2.05) is 0 Å². The first kappa shape index (κ1) is 33.7. The fraction of sp³-hybridized carbons (Fsp3) is 0.312. The minimum absolute atomic E-state index is 0.0367. The van der Waals surface area contributed by atoms with Crippen molar-refractivity contribution in [2.45, 2.75) is 90.9 Å². The van der Waals surface area contributed by atoms with Gasteiger partial charge in [-0.05, 0) is 68.7 Å². The first-order valence-corrected chi connectivity index (χ1v) is 19.1. The molecular formula is C48H51N4O+. The van der Waals surface area contributed by atoms with Gasteiger partial charge in [0.05, 0.1) is 22.9 Å². The number of hydrogen-bond acceptors (Lipinski definition) is 3. The van der Waals surface area contributed by atoms with Crippen LogP contribution >= 0.6 is 0 Å². The van der Waals surface area contributed by atoms with E-state index in [4.69, 9.17) is 9.84 Å². The fourth-order valence-corrected chi connectivity index (χ4v) is 8.72. The predicted molar refractivity (Wildman–Crippen MR) is 220 cm³/mol. The standard InChI is InChI=1S/C48H50N4O/c1-45(2,3)30-23-31(46(4,5)6)25-33(24-30)51-29-50(40-19-11-12-20-41(40)51)32-15-13-16-34(26-32)53-35-21-22-36-37-17-14-18-38-43(37)44-39(48(9,10)47(38,7)8)28-49-52(44)42(36)27-35/h11-28H,29H2,1-10H3/p+1. The zero-order valence-corrected chi connectivity index (χ0v) is 32.8. The molecule has 268 valence electrons. The first-order valence-electron chi connectivity index (χ1n) is 19.1. The number of fused-ring (bicyclic) bond motifs is 4.